The molecule has 1 aromatic carbocycles. The molecule has 2 N–H and O–H groups in total. The van der Waals surface area contributed by atoms with Crippen LogP contribution in [0.3, 0.4) is 0 Å². The molecule has 0 fully saturated rings. The van der Waals surface area contributed by atoms with Gasteiger partial charge in [0.15, 0.2) is 5.78 Å². The topological polar surface area (TPSA) is 123 Å². The second-order valence-corrected chi connectivity index (χ2v) is 7.54. The number of carbonyl (C=O) groups excluding carboxylic acids is 3. The summed E-state index contributed by atoms with van der Waals surface area (Å²) < 4.78 is 0. The zero-order chi connectivity index (χ0) is 20.2. The lowest BCUT2D eigenvalue weighted by molar-refractivity contribution is -0.125. The largest absolute Gasteiger partial charge is 0.325 e. The van der Waals surface area contributed by atoms with Crippen LogP contribution >= 0.6 is 11.8 Å². The van der Waals surface area contributed by atoms with Gasteiger partial charge in [0.25, 0.3) is 0 Å². The maximum absolute atomic E-state index is 12.2. The highest BCUT2D eigenvalue weighted by molar-refractivity contribution is 8.03. The van der Waals surface area contributed by atoms with E-state index in [-0.39, 0.29) is 23.0 Å². The van der Waals surface area contributed by atoms with Crippen LogP contribution in [0.5, 0.6) is 0 Å². The maximum Gasteiger partial charge on any atom is 0.243 e. The Kier molecular flexibility index (Phi) is 6.04. The Bertz CT molecular complexity index is 904. The number of rotatable bonds is 5. The van der Waals surface area contributed by atoms with Crippen LogP contribution in [0.2, 0.25) is 0 Å². The van der Waals surface area contributed by atoms with Crippen molar-refractivity contribution in [3.05, 3.63) is 40.4 Å². The van der Waals surface area contributed by atoms with Gasteiger partial charge in [0.1, 0.15) is 5.92 Å². The van der Waals surface area contributed by atoms with Gasteiger partial charge in [-0.05, 0) is 31.2 Å². The highest BCUT2D eigenvalue weighted by Crippen LogP contribution is 2.41. The van der Waals surface area contributed by atoms with Gasteiger partial charge in [0.2, 0.25) is 11.8 Å². The Balaban J connectivity index is 2.08. The normalized spacial score (nSPS) is 18.1. The number of hydrogen-bond donors (Lipinski definition) is 2. The van der Waals surface area contributed by atoms with Crippen LogP contribution in [-0.4, -0.2) is 23.4 Å². The van der Waals surface area contributed by atoms with Crippen molar-refractivity contribution in [2.24, 2.45) is 11.3 Å². The summed E-state index contributed by atoms with van der Waals surface area (Å²) in [5, 5.41) is 24.2. The number of thioether (sulfide) groups is 1. The Morgan fingerprint density at radius 2 is 1.89 bits per heavy atom. The van der Waals surface area contributed by atoms with E-state index >= 15 is 0 Å². The van der Waals surface area contributed by atoms with Crippen LogP contribution in [0.4, 0.5) is 5.69 Å². The highest BCUT2D eigenvalue weighted by Gasteiger charge is 2.44. The van der Waals surface area contributed by atoms with E-state index in [9.17, 15) is 24.9 Å². The smallest absolute Gasteiger partial charge is 0.243 e. The van der Waals surface area contributed by atoms with Crippen LogP contribution < -0.4 is 10.6 Å². The number of hydrogen-bond acceptors (Lipinski definition) is 6. The minimum Gasteiger partial charge on any atom is -0.325 e. The number of Topliss-reactive ketones (excluding diaryl/α,β-unsaturated/α-hetero) is 1. The molecule has 0 aromatic heterocycles. The van der Waals surface area contributed by atoms with E-state index in [1.54, 1.807) is 38.1 Å². The third kappa shape index (κ3) is 4.36. The second-order valence-electron chi connectivity index (χ2n) is 6.56. The fourth-order valence-electron chi connectivity index (χ4n) is 2.66. The van der Waals surface area contributed by atoms with Crippen LogP contribution in [0.25, 0.3) is 0 Å². The van der Waals surface area contributed by atoms with Gasteiger partial charge in [-0.15, -0.1) is 0 Å². The zero-order valence-corrected chi connectivity index (χ0v) is 15.9. The maximum atomic E-state index is 12.2. The molecule has 8 heteroatoms. The number of allylic oxidation sites excluding steroid dienone is 1. The van der Waals surface area contributed by atoms with Crippen LogP contribution in [-0.2, 0) is 9.59 Å². The number of nitriles is 2. The van der Waals surface area contributed by atoms with Crippen LogP contribution in [0.15, 0.2) is 34.9 Å². The lowest BCUT2D eigenvalue weighted by atomic mass is 9.72. The molecular weight excluding hydrogens is 364 g/mol. The van der Waals surface area contributed by atoms with Crippen molar-refractivity contribution in [2.75, 3.05) is 11.1 Å². The van der Waals surface area contributed by atoms with Crippen molar-refractivity contribution in [1.82, 2.24) is 5.32 Å². The van der Waals surface area contributed by atoms with Gasteiger partial charge < -0.3 is 10.6 Å². The summed E-state index contributed by atoms with van der Waals surface area (Å²) in [6.07, 6.45) is 0. The van der Waals surface area contributed by atoms with Crippen molar-refractivity contribution in [3.63, 3.8) is 0 Å². The standard InChI is InChI=1S/C19H18N4O3S/c1-11(24)12-4-6-13(7-5-12)22-16(25)10-27-18-15(9-21)19(2,3)14(8-20)17(26)23-18/h4-7,14H,10H2,1-3H3,(H,22,25)(H,23,26)/t14-/m1/s1. The number of ketones is 1. The van der Waals surface area contributed by atoms with Crippen LogP contribution in [0, 0.1) is 34.0 Å². The third-order valence-electron chi connectivity index (χ3n) is 4.26. The van der Waals surface area contributed by atoms with E-state index in [1.165, 1.54) is 6.92 Å². The minimum atomic E-state index is -0.967. The number of anilines is 1. The molecule has 0 saturated heterocycles. The SMILES string of the molecule is CC(=O)c1ccc(NC(=O)CSC2=C(C#N)C(C)(C)[C@H](C#N)C(=O)N2)cc1. The molecule has 0 spiro atoms. The first-order chi connectivity index (χ1) is 12.7. The van der Waals surface area contributed by atoms with E-state index in [0.717, 1.165) is 11.8 Å². The van der Waals surface area contributed by atoms with Gasteiger partial charge in [-0.1, -0.05) is 25.6 Å². The predicted octanol–water partition coefficient (Wildman–Crippen LogP) is 2.59. The lowest BCUT2D eigenvalue weighted by Crippen LogP contribution is -2.44. The highest BCUT2D eigenvalue weighted by atomic mass is 32.2. The van der Waals surface area contributed by atoms with E-state index in [4.69, 9.17) is 0 Å². The van der Waals surface area contributed by atoms with Crippen molar-refractivity contribution in [3.8, 4) is 12.1 Å². The number of nitrogens with one attached hydrogen (secondary N) is 2. The molecule has 27 heavy (non-hydrogen) atoms. The monoisotopic (exact) mass is 382 g/mol. The summed E-state index contributed by atoms with van der Waals surface area (Å²) in [6, 6.07) is 10.5. The Morgan fingerprint density at radius 3 is 2.41 bits per heavy atom. The molecular formula is C19H18N4O3S. The molecule has 1 heterocycles. The fraction of sp³-hybridized carbons (Fsp3) is 0.316. The Labute approximate surface area is 161 Å². The molecule has 1 aliphatic heterocycles. The number of benzene rings is 1. The quantitative estimate of drug-likeness (QED) is 0.755. The molecule has 138 valence electrons. The van der Waals surface area contributed by atoms with E-state index in [1.807, 2.05) is 12.1 Å². The van der Waals surface area contributed by atoms with Crippen molar-refractivity contribution in [2.45, 2.75) is 20.8 Å². The molecule has 0 radical (unpaired) electrons. The van der Waals surface area contributed by atoms with Crippen molar-refractivity contribution < 1.29 is 14.4 Å². The molecule has 2 amide bonds. The second kappa shape index (κ2) is 8.07. The van der Waals surface area contributed by atoms with E-state index in [0.29, 0.717) is 16.3 Å². The summed E-state index contributed by atoms with van der Waals surface area (Å²) in [5.74, 6) is -1.86. The summed E-state index contributed by atoms with van der Waals surface area (Å²) in [4.78, 5) is 35.5. The van der Waals surface area contributed by atoms with Gasteiger partial charge >= 0.3 is 0 Å². The van der Waals surface area contributed by atoms with E-state index in [2.05, 4.69) is 10.6 Å². The van der Waals surface area contributed by atoms with E-state index < -0.39 is 17.2 Å². The molecule has 1 atom stereocenters. The average molecular weight is 382 g/mol. The van der Waals surface area contributed by atoms with Crippen molar-refractivity contribution >= 4 is 35.0 Å². The molecule has 1 aromatic rings. The first kappa shape index (κ1) is 20.2. The summed E-state index contributed by atoms with van der Waals surface area (Å²) in [7, 11) is 0. The van der Waals surface area contributed by atoms with Crippen molar-refractivity contribution in [1.29, 1.82) is 10.5 Å². The van der Waals surface area contributed by atoms with Gasteiger partial charge in [0, 0.05) is 16.7 Å². The zero-order valence-electron chi connectivity index (χ0n) is 15.1. The molecule has 1 aliphatic rings. The molecule has 0 aliphatic carbocycles. The van der Waals surface area contributed by atoms with Gasteiger partial charge in [-0.25, -0.2) is 0 Å². The Morgan fingerprint density at radius 1 is 1.26 bits per heavy atom. The summed E-state index contributed by atoms with van der Waals surface area (Å²) in [6.45, 7) is 4.78. The average Bonchev–Trinajstić information content (AvgIpc) is 2.60. The number of amides is 2. The molecule has 0 saturated carbocycles. The molecule has 2 rings (SSSR count). The van der Waals surface area contributed by atoms with Gasteiger partial charge in [-0.2, -0.15) is 10.5 Å². The number of carbonyl (C=O) groups is 3. The third-order valence-corrected chi connectivity index (χ3v) is 5.26. The molecule has 0 unspecified atom stereocenters. The van der Waals surface area contributed by atoms with Gasteiger partial charge in [-0.3, -0.25) is 14.4 Å². The first-order valence-electron chi connectivity index (χ1n) is 8.09. The first-order valence-corrected chi connectivity index (χ1v) is 9.08. The minimum absolute atomic E-state index is 0.0252. The number of nitrogens with zero attached hydrogens (tertiary/aromatic N) is 2. The van der Waals surface area contributed by atoms with Gasteiger partial charge in [0.05, 0.1) is 28.5 Å². The summed E-state index contributed by atoms with van der Waals surface area (Å²) in [5.41, 5.74) is 0.424. The van der Waals surface area contributed by atoms with Crippen LogP contribution in [0.1, 0.15) is 31.1 Å². The molecule has 0 bridgehead atoms. The Hall–Kier alpha value is -3.10. The fourth-order valence-corrected chi connectivity index (χ4v) is 3.63. The molecule has 7 nitrogen and oxygen atoms in total. The lowest BCUT2D eigenvalue weighted by Gasteiger charge is -2.34. The predicted molar refractivity (Wildman–Crippen MR) is 101 cm³/mol. The summed E-state index contributed by atoms with van der Waals surface area (Å²) >= 11 is 1.03.